The molecule has 4 aromatic rings. The van der Waals surface area contributed by atoms with Gasteiger partial charge in [0.2, 0.25) is 0 Å². The summed E-state index contributed by atoms with van der Waals surface area (Å²) in [4.78, 5) is 0.175. The van der Waals surface area contributed by atoms with E-state index in [-0.39, 0.29) is 40.1 Å². The van der Waals surface area contributed by atoms with Gasteiger partial charge in [-0.3, -0.25) is 10.6 Å². The Morgan fingerprint density at radius 1 is 0.655 bits per heavy atom. The summed E-state index contributed by atoms with van der Waals surface area (Å²) in [6.07, 6.45) is 5.51. The van der Waals surface area contributed by atoms with Gasteiger partial charge in [0.1, 0.15) is 0 Å². The van der Waals surface area contributed by atoms with Crippen LogP contribution in [0.3, 0.4) is 0 Å². The van der Waals surface area contributed by atoms with Crippen LogP contribution in [-0.4, -0.2) is 63.3 Å². The minimum absolute atomic E-state index is 0.0291. The highest BCUT2D eigenvalue weighted by molar-refractivity contribution is 7.91. The van der Waals surface area contributed by atoms with Crippen LogP contribution in [0, 0.1) is 0 Å². The number of rotatable bonds is 14. The molecule has 0 unspecified atom stereocenters. The van der Waals surface area contributed by atoms with Crippen molar-refractivity contribution in [2.24, 2.45) is 0 Å². The highest BCUT2D eigenvalue weighted by atomic mass is 32.2. The van der Waals surface area contributed by atoms with E-state index >= 15 is 0 Å². The molecule has 10 nitrogen and oxygen atoms in total. The molecule has 0 radical (unpaired) electrons. The molecule has 296 valence electrons. The van der Waals surface area contributed by atoms with Gasteiger partial charge in [-0.05, 0) is 53.6 Å². The van der Waals surface area contributed by atoms with Crippen molar-refractivity contribution in [3.8, 4) is 23.0 Å². The molecule has 6 rings (SSSR count). The van der Waals surface area contributed by atoms with Crippen molar-refractivity contribution in [2.75, 3.05) is 25.2 Å². The van der Waals surface area contributed by atoms with Crippen molar-refractivity contribution in [1.29, 1.82) is 0 Å². The normalized spacial score (nSPS) is 24.1. The maximum absolute atomic E-state index is 14.3. The lowest BCUT2D eigenvalue weighted by atomic mass is 9.87. The lowest BCUT2D eigenvalue weighted by Gasteiger charge is -2.37. The number of phenolic OH excluding ortho intramolecular Hbond substituents is 2. The topological polar surface area (TPSA) is 151 Å². The number of nitrogens with one attached hydrogen (secondary N) is 2. The summed E-state index contributed by atoms with van der Waals surface area (Å²) < 4.78 is 69.4. The standard InChI is InChI=1S/C43H54N2O8S2/c1-5-8-20-42(7-3)28-54(48,49)39-27-36(52-4)37(25-33(39)41(44-42)31-18-14-11-15-19-31)53-23-22-43(21-9-6-2)29-55(50,51)38-26-35(47)34(46)24-32(38)40(45-43)30-16-12-10-13-17-30/h10-19,24-27,40-41,44-47H,5-9,20-23,28-29H2,1-4H3/t40-,41-,42-,43+/m1/s1. The highest BCUT2D eigenvalue weighted by Crippen LogP contribution is 2.45. The monoisotopic (exact) mass is 790 g/mol. The van der Waals surface area contributed by atoms with E-state index in [9.17, 15) is 27.0 Å². The fourth-order valence-electron chi connectivity index (χ4n) is 8.27. The zero-order valence-corrected chi connectivity index (χ0v) is 33.8. The predicted molar refractivity (Wildman–Crippen MR) is 215 cm³/mol. The van der Waals surface area contributed by atoms with Gasteiger partial charge in [0.15, 0.2) is 42.7 Å². The van der Waals surface area contributed by atoms with Crippen LogP contribution in [0.15, 0.2) is 94.7 Å². The molecule has 0 aromatic heterocycles. The third-order valence-electron chi connectivity index (χ3n) is 11.3. The van der Waals surface area contributed by atoms with Crippen LogP contribution in [0.25, 0.3) is 0 Å². The second-order valence-electron chi connectivity index (χ2n) is 15.1. The lowest BCUT2D eigenvalue weighted by Crippen LogP contribution is -2.51. The van der Waals surface area contributed by atoms with Crippen LogP contribution in [0.4, 0.5) is 0 Å². The summed E-state index contributed by atoms with van der Waals surface area (Å²) in [6, 6.07) is 24.1. The molecule has 0 saturated heterocycles. The van der Waals surface area contributed by atoms with Gasteiger partial charge in [-0.25, -0.2) is 16.8 Å². The Bertz CT molecular complexity index is 2180. The third kappa shape index (κ3) is 8.52. The molecule has 0 aliphatic carbocycles. The number of fused-ring (bicyclic) bond motifs is 2. The maximum Gasteiger partial charge on any atom is 0.180 e. The molecule has 0 spiro atoms. The van der Waals surface area contributed by atoms with Crippen molar-refractivity contribution in [2.45, 2.75) is 105 Å². The summed E-state index contributed by atoms with van der Waals surface area (Å²) in [5, 5.41) is 28.5. The van der Waals surface area contributed by atoms with E-state index in [0.717, 1.165) is 42.9 Å². The number of phenols is 2. The van der Waals surface area contributed by atoms with Crippen LogP contribution < -0.4 is 20.1 Å². The second-order valence-corrected chi connectivity index (χ2v) is 19.0. The summed E-state index contributed by atoms with van der Waals surface area (Å²) in [6.45, 7) is 6.28. The van der Waals surface area contributed by atoms with Gasteiger partial charge < -0.3 is 19.7 Å². The van der Waals surface area contributed by atoms with E-state index in [1.807, 2.05) is 67.6 Å². The van der Waals surface area contributed by atoms with Crippen molar-refractivity contribution in [3.05, 3.63) is 107 Å². The molecule has 2 aliphatic rings. The number of benzene rings is 4. The van der Waals surface area contributed by atoms with Crippen LogP contribution in [0.2, 0.25) is 0 Å². The SMILES string of the molecule is CCCC[C@]1(CCOc2cc3c(cc2OC)S(=O)(=O)C[C@@](CC)(CCCC)N[C@@H]3c2ccccc2)CS(=O)(=O)c2cc(O)c(O)cc2[C@@H](c2ccccc2)N1. The summed E-state index contributed by atoms with van der Waals surface area (Å²) in [5.74, 6) is -0.575. The molecular weight excluding hydrogens is 737 g/mol. The number of unbranched alkanes of at least 4 members (excludes halogenated alkanes) is 2. The van der Waals surface area contributed by atoms with Crippen molar-refractivity contribution < 1.29 is 36.5 Å². The molecule has 2 aliphatic heterocycles. The van der Waals surface area contributed by atoms with Gasteiger partial charge in [0.25, 0.3) is 0 Å². The van der Waals surface area contributed by atoms with Gasteiger partial charge in [-0.2, -0.15) is 0 Å². The molecule has 12 heteroatoms. The van der Waals surface area contributed by atoms with Crippen molar-refractivity contribution in [1.82, 2.24) is 10.6 Å². The number of hydrogen-bond acceptors (Lipinski definition) is 10. The van der Waals surface area contributed by atoms with Crippen LogP contribution >= 0.6 is 0 Å². The molecule has 4 atom stereocenters. The van der Waals surface area contributed by atoms with Crippen molar-refractivity contribution in [3.63, 3.8) is 0 Å². The minimum atomic E-state index is -3.98. The quantitative estimate of drug-likeness (QED) is 0.0933. The Kier molecular flexibility index (Phi) is 12.2. The molecule has 0 bridgehead atoms. The predicted octanol–water partition coefficient (Wildman–Crippen LogP) is 7.78. The first-order valence-corrected chi connectivity index (χ1v) is 22.6. The molecule has 4 aromatic carbocycles. The third-order valence-corrected chi connectivity index (χ3v) is 15.2. The lowest BCUT2D eigenvalue weighted by molar-refractivity contribution is 0.211. The Morgan fingerprint density at radius 2 is 1.15 bits per heavy atom. The number of sulfone groups is 2. The van der Waals surface area contributed by atoms with Crippen LogP contribution in [0.5, 0.6) is 23.0 Å². The summed E-state index contributed by atoms with van der Waals surface area (Å²) in [5.41, 5.74) is 1.05. The summed E-state index contributed by atoms with van der Waals surface area (Å²) in [7, 11) is -6.27. The fourth-order valence-corrected chi connectivity index (χ4v) is 12.5. The van der Waals surface area contributed by atoms with Crippen LogP contribution in [-0.2, 0) is 19.7 Å². The first kappa shape index (κ1) is 40.6. The van der Waals surface area contributed by atoms with Gasteiger partial charge in [0, 0.05) is 29.6 Å². The van der Waals surface area contributed by atoms with E-state index < -0.39 is 54.3 Å². The average molecular weight is 791 g/mol. The molecule has 0 amide bonds. The minimum Gasteiger partial charge on any atom is -0.504 e. The zero-order chi connectivity index (χ0) is 39.4. The van der Waals surface area contributed by atoms with E-state index in [1.54, 1.807) is 12.1 Å². The molecular formula is C43H54N2O8S2. The molecule has 55 heavy (non-hydrogen) atoms. The van der Waals surface area contributed by atoms with Crippen LogP contribution in [0.1, 0.15) is 106 Å². The Morgan fingerprint density at radius 3 is 1.69 bits per heavy atom. The van der Waals surface area contributed by atoms with Crippen molar-refractivity contribution >= 4 is 19.7 Å². The molecule has 0 saturated carbocycles. The Labute approximate surface area is 326 Å². The molecule has 4 N–H and O–H groups in total. The van der Waals surface area contributed by atoms with E-state index in [4.69, 9.17) is 9.47 Å². The summed E-state index contributed by atoms with van der Waals surface area (Å²) >= 11 is 0. The van der Waals surface area contributed by atoms with Gasteiger partial charge in [-0.15, -0.1) is 0 Å². The fraction of sp³-hybridized carbons (Fsp3) is 0.442. The number of ether oxygens (including phenoxy) is 2. The van der Waals surface area contributed by atoms with Gasteiger partial charge >= 0.3 is 0 Å². The maximum atomic E-state index is 14.3. The largest absolute Gasteiger partial charge is 0.504 e. The van der Waals surface area contributed by atoms with Gasteiger partial charge in [0.05, 0.1) is 47.1 Å². The molecule has 0 fully saturated rings. The van der Waals surface area contributed by atoms with E-state index in [0.29, 0.717) is 36.1 Å². The number of methoxy groups -OCH3 is 1. The number of aromatic hydroxyl groups is 2. The second kappa shape index (κ2) is 16.6. The first-order valence-electron chi connectivity index (χ1n) is 19.3. The Hall–Kier alpha value is -4.10. The van der Waals surface area contributed by atoms with Gasteiger partial charge in [-0.1, -0.05) is 107 Å². The molecule has 2 heterocycles. The number of hydrogen-bond donors (Lipinski definition) is 4. The van der Waals surface area contributed by atoms with E-state index in [2.05, 4.69) is 24.5 Å². The highest BCUT2D eigenvalue weighted by Gasteiger charge is 2.45. The zero-order valence-electron chi connectivity index (χ0n) is 32.2. The first-order chi connectivity index (χ1) is 26.3. The average Bonchev–Trinajstić information content (AvgIpc) is 3.33. The smallest absolute Gasteiger partial charge is 0.180 e. The Balaban J connectivity index is 1.40. The van der Waals surface area contributed by atoms with E-state index in [1.165, 1.54) is 13.2 Å².